The maximum Gasteiger partial charge on any atom is 0.331 e. The number of hydrogen-bond donors (Lipinski definition) is 2. The zero-order valence-corrected chi connectivity index (χ0v) is 11.0. The molecule has 0 amide bonds. The minimum atomic E-state index is -1.15. The van der Waals surface area contributed by atoms with Gasteiger partial charge >= 0.3 is 5.97 Å². The topological polar surface area (TPSA) is 82.4 Å². The van der Waals surface area contributed by atoms with Gasteiger partial charge in [0.15, 0.2) is 5.54 Å². The van der Waals surface area contributed by atoms with E-state index in [0.29, 0.717) is 24.3 Å². The summed E-state index contributed by atoms with van der Waals surface area (Å²) in [7, 11) is 0. The molecule has 1 aromatic rings. The quantitative estimate of drug-likeness (QED) is 0.892. The van der Waals surface area contributed by atoms with Crippen molar-refractivity contribution in [2.75, 3.05) is 18.5 Å². The molecule has 0 aromatic heterocycles. The number of nitriles is 1. The van der Waals surface area contributed by atoms with Crippen LogP contribution in [0.2, 0.25) is 0 Å². The van der Waals surface area contributed by atoms with Gasteiger partial charge in [-0.3, -0.25) is 0 Å². The van der Waals surface area contributed by atoms with Gasteiger partial charge in [0.2, 0.25) is 0 Å². The molecule has 0 bridgehead atoms. The Labute approximate surface area is 112 Å². The maximum atomic E-state index is 11.4. The van der Waals surface area contributed by atoms with Gasteiger partial charge in [0.1, 0.15) is 6.07 Å². The van der Waals surface area contributed by atoms with Crippen molar-refractivity contribution in [3.63, 3.8) is 0 Å². The molecule has 1 saturated heterocycles. The third-order valence-electron chi connectivity index (χ3n) is 2.91. The molecule has 1 unspecified atom stereocenters. The highest BCUT2D eigenvalue weighted by atomic mass is 79.9. The fourth-order valence-electron chi connectivity index (χ4n) is 1.86. The fraction of sp³-hybridized carbons (Fsp3) is 0.333. The van der Waals surface area contributed by atoms with Crippen LogP contribution in [0.3, 0.4) is 0 Å². The van der Waals surface area contributed by atoms with Crippen molar-refractivity contribution in [3.8, 4) is 6.07 Å². The van der Waals surface area contributed by atoms with E-state index in [1.54, 1.807) is 18.2 Å². The minimum absolute atomic E-state index is 0.0969. The Morgan fingerprint density at radius 1 is 1.61 bits per heavy atom. The second kappa shape index (κ2) is 4.96. The molecule has 1 atom stereocenters. The number of carbonyl (C=O) groups is 1. The van der Waals surface area contributed by atoms with Gasteiger partial charge in [-0.15, -0.1) is 0 Å². The van der Waals surface area contributed by atoms with Gasteiger partial charge < -0.3 is 15.2 Å². The molecule has 94 valence electrons. The molecule has 1 aliphatic rings. The van der Waals surface area contributed by atoms with Crippen molar-refractivity contribution >= 4 is 27.6 Å². The first-order chi connectivity index (χ1) is 8.57. The zero-order chi connectivity index (χ0) is 13.2. The third kappa shape index (κ3) is 2.33. The van der Waals surface area contributed by atoms with E-state index < -0.39 is 11.5 Å². The summed E-state index contributed by atoms with van der Waals surface area (Å²) in [5.41, 5.74) is -0.239. The molecule has 6 heteroatoms. The minimum Gasteiger partial charge on any atom is -0.479 e. The van der Waals surface area contributed by atoms with Crippen molar-refractivity contribution in [1.29, 1.82) is 5.26 Å². The molecule has 0 aliphatic carbocycles. The van der Waals surface area contributed by atoms with Crippen LogP contribution in [0, 0.1) is 11.3 Å². The van der Waals surface area contributed by atoms with E-state index in [-0.39, 0.29) is 6.61 Å². The van der Waals surface area contributed by atoms with E-state index in [1.807, 2.05) is 6.07 Å². The summed E-state index contributed by atoms with van der Waals surface area (Å²) in [5.74, 6) is -0.969. The molecule has 0 saturated carbocycles. The normalized spacial score (nSPS) is 22.4. The van der Waals surface area contributed by atoms with Gasteiger partial charge in [0.25, 0.3) is 0 Å². The lowest BCUT2D eigenvalue weighted by atomic mass is 9.98. The molecule has 2 rings (SSSR count). The number of nitrogens with zero attached hydrogens (tertiary/aromatic N) is 1. The molecule has 0 radical (unpaired) electrons. The molecule has 2 N–H and O–H groups in total. The first kappa shape index (κ1) is 12.9. The summed E-state index contributed by atoms with van der Waals surface area (Å²) in [4.78, 5) is 11.4. The average Bonchev–Trinajstić information content (AvgIpc) is 2.79. The van der Waals surface area contributed by atoms with Gasteiger partial charge in [-0.2, -0.15) is 5.26 Å². The van der Waals surface area contributed by atoms with E-state index >= 15 is 0 Å². The predicted molar refractivity (Wildman–Crippen MR) is 68.3 cm³/mol. The molecule has 5 nitrogen and oxygen atoms in total. The summed E-state index contributed by atoms with van der Waals surface area (Å²) in [5, 5.41) is 21.3. The Morgan fingerprint density at radius 3 is 2.94 bits per heavy atom. The van der Waals surface area contributed by atoms with Crippen molar-refractivity contribution in [2.45, 2.75) is 12.0 Å². The second-order valence-corrected chi connectivity index (χ2v) is 5.03. The lowest BCUT2D eigenvalue weighted by molar-refractivity contribution is -0.142. The number of halogens is 1. The average molecular weight is 311 g/mol. The van der Waals surface area contributed by atoms with Gasteiger partial charge in [-0.1, -0.05) is 15.9 Å². The van der Waals surface area contributed by atoms with Crippen molar-refractivity contribution in [1.82, 2.24) is 0 Å². The van der Waals surface area contributed by atoms with Crippen LogP contribution < -0.4 is 5.32 Å². The molecular weight excluding hydrogens is 300 g/mol. The van der Waals surface area contributed by atoms with Crippen molar-refractivity contribution in [3.05, 3.63) is 28.2 Å². The predicted octanol–water partition coefficient (Wildman–Crippen LogP) is 1.98. The van der Waals surface area contributed by atoms with Crippen LogP contribution in [0.1, 0.15) is 12.0 Å². The monoisotopic (exact) mass is 310 g/mol. The van der Waals surface area contributed by atoms with Crippen molar-refractivity contribution in [2.24, 2.45) is 0 Å². The number of nitrogens with one attached hydrogen (secondary N) is 1. The van der Waals surface area contributed by atoms with Crippen molar-refractivity contribution < 1.29 is 14.6 Å². The number of hydrogen-bond acceptors (Lipinski definition) is 4. The van der Waals surface area contributed by atoms with Crippen LogP contribution in [0.15, 0.2) is 22.7 Å². The Morgan fingerprint density at radius 2 is 2.39 bits per heavy atom. The summed E-state index contributed by atoms with van der Waals surface area (Å²) in [6.45, 7) is 0.495. The number of carboxylic acid groups (broad SMARTS) is 1. The van der Waals surface area contributed by atoms with Crippen LogP contribution >= 0.6 is 15.9 Å². The lowest BCUT2D eigenvalue weighted by Gasteiger charge is -2.25. The second-order valence-electron chi connectivity index (χ2n) is 4.12. The maximum absolute atomic E-state index is 11.4. The van der Waals surface area contributed by atoms with E-state index in [1.165, 1.54) is 0 Å². The van der Waals surface area contributed by atoms with Crippen LogP contribution in [0.5, 0.6) is 0 Å². The summed E-state index contributed by atoms with van der Waals surface area (Å²) >= 11 is 3.30. The molecular formula is C12H11BrN2O3. The van der Waals surface area contributed by atoms with Gasteiger partial charge in [-0.05, 0) is 18.2 Å². The van der Waals surface area contributed by atoms with Crippen LogP contribution in [0.4, 0.5) is 5.69 Å². The number of benzene rings is 1. The van der Waals surface area contributed by atoms with E-state index in [0.717, 1.165) is 4.47 Å². The molecule has 18 heavy (non-hydrogen) atoms. The van der Waals surface area contributed by atoms with Gasteiger partial charge in [0, 0.05) is 17.5 Å². The number of rotatable bonds is 3. The summed E-state index contributed by atoms with van der Waals surface area (Å²) < 4.78 is 5.94. The number of anilines is 1. The molecule has 1 aromatic carbocycles. The molecule has 1 fully saturated rings. The molecule has 1 heterocycles. The Hall–Kier alpha value is -1.58. The Balaban J connectivity index is 2.35. The lowest BCUT2D eigenvalue weighted by Crippen LogP contribution is -2.47. The summed E-state index contributed by atoms with van der Waals surface area (Å²) in [6, 6.07) is 7.11. The Kier molecular flexibility index (Phi) is 3.55. The van der Waals surface area contributed by atoms with Crippen LogP contribution in [-0.2, 0) is 9.53 Å². The smallest absolute Gasteiger partial charge is 0.331 e. The SMILES string of the molecule is N#Cc1ccc(Br)cc1NC1(C(=O)O)CCOC1. The Bertz CT molecular complexity index is 519. The first-order valence-corrected chi connectivity index (χ1v) is 6.16. The largest absolute Gasteiger partial charge is 0.479 e. The number of ether oxygens (including phenoxy) is 1. The zero-order valence-electron chi connectivity index (χ0n) is 9.44. The highest BCUT2D eigenvalue weighted by Crippen LogP contribution is 2.28. The van der Waals surface area contributed by atoms with Crippen LogP contribution in [0.25, 0.3) is 0 Å². The van der Waals surface area contributed by atoms with E-state index in [2.05, 4.69) is 21.2 Å². The van der Waals surface area contributed by atoms with Gasteiger partial charge in [-0.25, -0.2) is 4.79 Å². The molecule has 1 aliphatic heterocycles. The highest BCUT2D eigenvalue weighted by Gasteiger charge is 2.43. The number of carboxylic acids is 1. The van der Waals surface area contributed by atoms with E-state index in [9.17, 15) is 9.90 Å². The molecule has 0 spiro atoms. The van der Waals surface area contributed by atoms with E-state index in [4.69, 9.17) is 10.00 Å². The third-order valence-corrected chi connectivity index (χ3v) is 3.40. The fourth-order valence-corrected chi connectivity index (χ4v) is 2.22. The highest BCUT2D eigenvalue weighted by molar-refractivity contribution is 9.10. The first-order valence-electron chi connectivity index (χ1n) is 5.36. The number of aliphatic carboxylic acids is 1. The van der Waals surface area contributed by atoms with Crippen LogP contribution in [-0.4, -0.2) is 29.8 Å². The van der Waals surface area contributed by atoms with Gasteiger partial charge in [0.05, 0.1) is 17.9 Å². The standard InChI is InChI=1S/C12H11BrN2O3/c13-9-2-1-8(6-14)10(5-9)15-12(11(16)17)3-4-18-7-12/h1-2,5,15H,3-4,7H2,(H,16,17). The summed E-state index contributed by atoms with van der Waals surface area (Å²) in [6.07, 6.45) is 0.375.